The molecule has 2 aromatic rings. The van der Waals surface area contributed by atoms with Crippen LogP contribution >= 0.6 is 11.6 Å². The lowest BCUT2D eigenvalue weighted by Gasteiger charge is -2.43. The number of ether oxygens (including phenoxy) is 1. The van der Waals surface area contributed by atoms with E-state index in [0.29, 0.717) is 5.02 Å². The molecule has 0 aromatic heterocycles. The van der Waals surface area contributed by atoms with Crippen LogP contribution in [0.1, 0.15) is 59.0 Å². The van der Waals surface area contributed by atoms with Gasteiger partial charge in [-0.1, -0.05) is 36.7 Å². The zero-order valence-corrected chi connectivity index (χ0v) is 15.4. The molecule has 2 aromatic carbocycles. The van der Waals surface area contributed by atoms with Crippen molar-refractivity contribution in [1.82, 2.24) is 0 Å². The van der Waals surface area contributed by atoms with Crippen LogP contribution in [-0.4, -0.2) is 17.7 Å². The fraction of sp³-hybridized carbons (Fsp3) is 0.381. The molecule has 3 atom stereocenters. The van der Waals surface area contributed by atoms with Crippen molar-refractivity contribution in [3.63, 3.8) is 0 Å². The maximum absolute atomic E-state index is 11.2. The van der Waals surface area contributed by atoms with E-state index in [4.69, 9.17) is 16.3 Å². The van der Waals surface area contributed by atoms with Gasteiger partial charge in [-0.15, -0.1) is 0 Å². The molecule has 2 N–H and O–H groups in total. The molecule has 4 nitrogen and oxygen atoms in total. The predicted molar refractivity (Wildman–Crippen MR) is 102 cm³/mol. The normalized spacial score (nSPS) is 24.3. The Kier molecular flexibility index (Phi) is 4.63. The first-order valence-corrected chi connectivity index (χ1v) is 9.50. The second-order valence-electron chi connectivity index (χ2n) is 7.04. The van der Waals surface area contributed by atoms with E-state index in [9.17, 15) is 9.90 Å². The Balaban J connectivity index is 1.76. The molecule has 0 aliphatic carbocycles. The number of anilines is 1. The van der Waals surface area contributed by atoms with Gasteiger partial charge in [0.2, 0.25) is 0 Å². The van der Waals surface area contributed by atoms with Crippen molar-refractivity contribution in [2.45, 2.75) is 38.3 Å². The van der Waals surface area contributed by atoms with Crippen LogP contribution < -0.4 is 5.32 Å². The molecule has 2 aliphatic heterocycles. The number of carboxylic acid groups (broad SMARTS) is 1. The molecule has 2 heterocycles. The number of aromatic carboxylic acids is 1. The number of benzene rings is 2. The Morgan fingerprint density at radius 2 is 2.12 bits per heavy atom. The van der Waals surface area contributed by atoms with Gasteiger partial charge >= 0.3 is 5.97 Å². The van der Waals surface area contributed by atoms with E-state index in [0.717, 1.165) is 37.1 Å². The SMILES string of the molecule is CCc1ccc2c(c1)C1OCCC[C@@H]1[C@@H](c1ccc(C(=O)O)cc1Cl)N2. The quantitative estimate of drug-likeness (QED) is 0.775. The molecule has 0 radical (unpaired) electrons. The Morgan fingerprint density at radius 1 is 1.27 bits per heavy atom. The second kappa shape index (κ2) is 6.93. The van der Waals surface area contributed by atoms with E-state index < -0.39 is 5.97 Å². The first-order valence-electron chi connectivity index (χ1n) is 9.12. The third-order valence-corrected chi connectivity index (χ3v) is 5.85. The van der Waals surface area contributed by atoms with Crippen molar-refractivity contribution in [3.05, 3.63) is 63.7 Å². The molecule has 1 fully saturated rings. The van der Waals surface area contributed by atoms with Gasteiger partial charge in [0, 0.05) is 28.8 Å². The number of rotatable bonds is 3. The van der Waals surface area contributed by atoms with E-state index in [1.807, 2.05) is 6.07 Å². The molecule has 26 heavy (non-hydrogen) atoms. The minimum absolute atomic E-state index is 0.00983. The summed E-state index contributed by atoms with van der Waals surface area (Å²) in [4.78, 5) is 11.2. The predicted octanol–water partition coefficient (Wildman–Crippen LogP) is 5.24. The number of carbonyl (C=O) groups is 1. The van der Waals surface area contributed by atoms with Crippen LogP contribution in [0, 0.1) is 5.92 Å². The Hall–Kier alpha value is -2.04. The molecule has 0 bridgehead atoms. The smallest absolute Gasteiger partial charge is 0.335 e. The summed E-state index contributed by atoms with van der Waals surface area (Å²) in [7, 11) is 0. The average molecular weight is 372 g/mol. The third-order valence-electron chi connectivity index (χ3n) is 5.52. The summed E-state index contributed by atoms with van der Waals surface area (Å²) >= 11 is 6.47. The van der Waals surface area contributed by atoms with Crippen molar-refractivity contribution in [3.8, 4) is 0 Å². The van der Waals surface area contributed by atoms with Crippen LogP contribution in [0.2, 0.25) is 5.02 Å². The molecular formula is C21H22ClNO3. The Bertz CT molecular complexity index is 851. The van der Waals surface area contributed by atoms with Gasteiger partial charge < -0.3 is 15.2 Å². The first kappa shape index (κ1) is 17.4. The summed E-state index contributed by atoms with van der Waals surface area (Å²) < 4.78 is 6.18. The van der Waals surface area contributed by atoms with E-state index in [1.165, 1.54) is 17.2 Å². The molecule has 1 saturated heterocycles. The van der Waals surface area contributed by atoms with Crippen molar-refractivity contribution >= 4 is 23.3 Å². The molecule has 0 spiro atoms. The van der Waals surface area contributed by atoms with Crippen molar-refractivity contribution in [2.75, 3.05) is 11.9 Å². The van der Waals surface area contributed by atoms with Crippen LogP contribution in [0.15, 0.2) is 36.4 Å². The minimum Gasteiger partial charge on any atom is -0.478 e. The van der Waals surface area contributed by atoms with Crippen LogP contribution in [-0.2, 0) is 11.2 Å². The monoisotopic (exact) mass is 371 g/mol. The summed E-state index contributed by atoms with van der Waals surface area (Å²) in [6, 6.07) is 11.5. The van der Waals surface area contributed by atoms with Crippen molar-refractivity contribution < 1.29 is 14.6 Å². The first-order chi connectivity index (χ1) is 12.6. The summed E-state index contributed by atoms with van der Waals surface area (Å²) in [6.07, 6.45) is 3.12. The standard InChI is InChI=1S/C21H22ClNO3/c1-2-12-5-8-18-16(10-12)20-15(4-3-9-26-20)19(23-18)14-7-6-13(21(24)25)11-17(14)22/h5-8,10-11,15,19-20,23H,2-4,9H2,1H3,(H,24,25)/t15-,19-,20?/m1/s1. The van der Waals surface area contributed by atoms with E-state index >= 15 is 0 Å². The number of fused-ring (bicyclic) bond motifs is 3. The molecule has 0 saturated carbocycles. The van der Waals surface area contributed by atoms with Gasteiger partial charge in [0.15, 0.2) is 0 Å². The van der Waals surface area contributed by atoms with Gasteiger partial charge in [-0.2, -0.15) is 0 Å². The maximum Gasteiger partial charge on any atom is 0.335 e. The lowest BCUT2D eigenvalue weighted by Crippen LogP contribution is -2.36. The average Bonchev–Trinajstić information content (AvgIpc) is 2.67. The van der Waals surface area contributed by atoms with Crippen LogP contribution in [0.4, 0.5) is 5.69 Å². The van der Waals surface area contributed by atoms with Crippen LogP contribution in [0.5, 0.6) is 0 Å². The van der Waals surface area contributed by atoms with Gasteiger partial charge in [-0.25, -0.2) is 4.79 Å². The number of aryl methyl sites for hydroxylation is 1. The number of nitrogens with one attached hydrogen (secondary N) is 1. The summed E-state index contributed by atoms with van der Waals surface area (Å²) in [5, 5.41) is 13.3. The van der Waals surface area contributed by atoms with Gasteiger partial charge in [-0.3, -0.25) is 0 Å². The number of hydrogen-bond acceptors (Lipinski definition) is 3. The van der Waals surface area contributed by atoms with Crippen LogP contribution in [0.25, 0.3) is 0 Å². The number of halogens is 1. The molecule has 0 amide bonds. The molecule has 136 valence electrons. The molecule has 5 heteroatoms. The highest BCUT2D eigenvalue weighted by Gasteiger charge is 2.40. The summed E-state index contributed by atoms with van der Waals surface area (Å²) in [5.41, 5.74) is 4.75. The molecular weight excluding hydrogens is 350 g/mol. The fourth-order valence-electron chi connectivity index (χ4n) is 4.16. The lowest BCUT2D eigenvalue weighted by molar-refractivity contribution is -0.0381. The molecule has 2 aliphatic rings. The fourth-order valence-corrected chi connectivity index (χ4v) is 4.46. The van der Waals surface area contributed by atoms with Gasteiger partial charge in [-0.05, 0) is 48.6 Å². The number of carboxylic acids is 1. The number of hydrogen-bond donors (Lipinski definition) is 2. The van der Waals surface area contributed by atoms with Gasteiger partial charge in [0.05, 0.1) is 17.7 Å². The largest absolute Gasteiger partial charge is 0.478 e. The van der Waals surface area contributed by atoms with Crippen molar-refractivity contribution in [1.29, 1.82) is 0 Å². The highest BCUT2D eigenvalue weighted by atomic mass is 35.5. The Morgan fingerprint density at radius 3 is 2.85 bits per heavy atom. The maximum atomic E-state index is 11.2. The topological polar surface area (TPSA) is 58.6 Å². The summed E-state index contributed by atoms with van der Waals surface area (Å²) in [6.45, 7) is 2.93. The Labute approximate surface area is 158 Å². The zero-order valence-electron chi connectivity index (χ0n) is 14.7. The van der Waals surface area contributed by atoms with E-state index in [-0.39, 0.29) is 23.6 Å². The third kappa shape index (κ3) is 2.97. The molecule has 4 rings (SSSR count). The highest BCUT2D eigenvalue weighted by Crippen LogP contribution is 2.50. The van der Waals surface area contributed by atoms with Gasteiger partial charge in [0.1, 0.15) is 0 Å². The van der Waals surface area contributed by atoms with Crippen LogP contribution in [0.3, 0.4) is 0 Å². The van der Waals surface area contributed by atoms with Gasteiger partial charge in [0.25, 0.3) is 0 Å². The van der Waals surface area contributed by atoms with E-state index in [1.54, 1.807) is 6.07 Å². The van der Waals surface area contributed by atoms with E-state index in [2.05, 4.69) is 30.4 Å². The van der Waals surface area contributed by atoms with Crippen molar-refractivity contribution in [2.24, 2.45) is 5.92 Å². The highest BCUT2D eigenvalue weighted by molar-refractivity contribution is 6.31. The summed E-state index contributed by atoms with van der Waals surface area (Å²) in [5.74, 6) is -0.692. The minimum atomic E-state index is -0.966. The zero-order chi connectivity index (χ0) is 18.3. The second-order valence-corrected chi connectivity index (χ2v) is 7.44. The molecule has 1 unspecified atom stereocenters. The lowest BCUT2D eigenvalue weighted by atomic mass is 9.77.